The van der Waals surface area contributed by atoms with E-state index in [0.717, 1.165) is 12.8 Å². The number of hydrogen-bond donors (Lipinski definition) is 1. The van der Waals surface area contributed by atoms with Crippen LogP contribution in [-0.2, 0) is 9.59 Å². The van der Waals surface area contributed by atoms with Crippen molar-refractivity contribution >= 4 is 17.9 Å². The second-order valence-corrected chi connectivity index (χ2v) is 6.30. The molecule has 2 aromatic rings. The third-order valence-corrected chi connectivity index (χ3v) is 4.45. The smallest absolute Gasteiger partial charge is 0.244 e. The molecule has 26 heavy (non-hydrogen) atoms. The molecule has 136 valence electrons. The summed E-state index contributed by atoms with van der Waals surface area (Å²) in [5, 5.41) is 2.93. The molecule has 0 atom stereocenters. The number of piperidine rings is 1. The number of nitrogens with zero attached hydrogens (tertiary/aromatic N) is 1. The maximum Gasteiger partial charge on any atom is 0.244 e. The number of halogens is 1. The Morgan fingerprint density at radius 2 is 1.92 bits per heavy atom. The Morgan fingerprint density at radius 1 is 1.19 bits per heavy atom. The Labute approximate surface area is 151 Å². The lowest BCUT2D eigenvalue weighted by Crippen LogP contribution is -2.45. The lowest BCUT2D eigenvalue weighted by molar-refractivity contribution is -0.129. The number of rotatable bonds is 4. The largest absolute Gasteiger partial charge is 0.457 e. The van der Waals surface area contributed by atoms with Crippen LogP contribution in [0.2, 0.25) is 0 Å². The van der Waals surface area contributed by atoms with Crippen molar-refractivity contribution in [2.24, 2.45) is 0 Å². The molecule has 0 radical (unpaired) electrons. The third kappa shape index (κ3) is 4.39. The highest BCUT2D eigenvalue weighted by atomic mass is 19.1. The molecule has 0 unspecified atom stereocenters. The Kier molecular flexibility index (Phi) is 5.51. The molecule has 0 spiro atoms. The Hall–Kier alpha value is -2.89. The van der Waals surface area contributed by atoms with E-state index in [4.69, 9.17) is 4.42 Å². The molecule has 0 aliphatic carbocycles. The minimum atomic E-state index is -0.355. The van der Waals surface area contributed by atoms with Crippen molar-refractivity contribution in [2.75, 3.05) is 13.1 Å². The van der Waals surface area contributed by atoms with Gasteiger partial charge in [0.1, 0.15) is 17.3 Å². The fourth-order valence-electron chi connectivity index (χ4n) is 2.99. The van der Waals surface area contributed by atoms with E-state index in [0.29, 0.717) is 30.2 Å². The van der Waals surface area contributed by atoms with Crippen molar-refractivity contribution in [1.82, 2.24) is 10.2 Å². The maximum absolute atomic E-state index is 13.8. The van der Waals surface area contributed by atoms with Gasteiger partial charge >= 0.3 is 0 Å². The highest BCUT2D eigenvalue weighted by Gasteiger charge is 2.21. The normalized spacial score (nSPS) is 15.4. The molecule has 1 aromatic carbocycles. The molecule has 2 amide bonds. The van der Waals surface area contributed by atoms with Gasteiger partial charge in [0.2, 0.25) is 11.8 Å². The van der Waals surface area contributed by atoms with Crippen LogP contribution in [0.3, 0.4) is 0 Å². The lowest BCUT2D eigenvalue weighted by atomic mass is 10.1. The van der Waals surface area contributed by atoms with E-state index in [-0.39, 0.29) is 23.7 Å². The van der Waals surface area contributed by atoms with Crippen LogP contribution in [0.1, 0.15) is 25.5 Å². The first-order chi connectivity index (χ1) is 12.5. The van der Waals surface area contributed by atoms with Crippen LogP contribution in [0.4, 0.5) is 4.39 Å². The first-order valence-electron chi connectivity index (χ1n) is 8.62. The number of benzene rings is 1. The van der Waals surface area contributed by atoms with Crippen LogP contribution < -0.4 is 5.32 Å². The van der Waals surface area contributed by atoms with E-state index in [9.17, 15) is 14.0 Å². The highest BCUT2D eigenvalue weighted by molar-refractivity contribution is 5.91. The van der Waals surface area contributed by atoms with Gasteiger partial charge in [-0.1, -0.05) is 12.1 Å². The summed E-state index contributed by atoms with van der Waals surface area (Å²) < 4.78 is 19.4. The van der Waals surface area contributed by atoms with Gasteiger partial charge in [-0.05, 0) is 43.2 Å². The van der Waals surface area contributed by atoms with Crippen LogP contribution in [0.25, 0.3) is 17.4 Å². The van der Waals surface area contributed by atoms with Gasteiger partial charge in [-0.25, -0.2) is 4.39 Å². The summed E-state index contributed by atoms with van der Waals surface area (Å²) in [6, 6.07) is 9.80. The Morgan fingerprint density at radius 3 is 2.62 bits per heavy atom. The number of carbonyl (C=O) groups excluding carboxylic acids is 2. The minimum absolute atomic E-state index is 0.0633. The summed E-state index contributed by atoms with van der Waals surface area (Å²) >= 11 is 0. The second-order valence-electron chi connectivity index (χ2n) is 6.30. The summed E-state index contributed by atoms with van der Waals surface area (Å²) in [4.78, 5) is 25.1. The van der Waals surface area contributed by atoms with Gasteiger partial charge in [0.25, 0.3) is 0 Å². The topological polar surface area (TPSA) is 62.6 Å². The zero-order valence-electron chi connectivity index (χ0n) is 14.6. The number of nitrogens with one attached hydrogen (secondary N) is 1. The molecule has 0 saturated carbocycles. The van der Waals surface area contributed by atoms with E-state index < -0.39 is 0 Å². The van der Waals surface area contributed by atoms with Gasteiger partial charge in [-0.2, -0.15) is 0 Å². The second kappa shape index (κ2) is 7.99. The molecule has 1 aromatic heterocycles. The average Bonchev–Trinajstić information content (AvgIpc) is 3.09. The van der Waals surface area contributed by atoms with Crippen molar-refractivity contribution in [3.05, 3.63) is 54.1 Å². The van der Waals surface area contributed by atoms with Gasteiger partial charge in [0, 0.05) is 32.1 Å². The van der Waals surface area contributed by atoms with Crippen molar-refractivity contribution in [2.45, 2.75) is 25.8 Å². The number of furan rings is 1. The quantitative estimate of drug-likeness (QED) is 0.856. The Bertz CT molecular complexity index is 820. The number of hydrogen-bond acceptors (Lipinski definition) is 3. The van der Waals surface area contributed by atoms with Gasteiger partial charge < -0.3 is 14.6 Å². The van der Waals surface area contributed by atoms with Gasteiger partial charge in [-0.3, -0.25) is 9.59 Å². The van der Waals surface area contributed by atoms with E-state index in [2.05, 4.69) is 5.32 Å². The minimum Gasteiger partial charge on any atom is -0.457 e. The van der Waals surface area contributed by atoms with Crippen LogP contribution in [0.5, 0.6) is 0 Å². The molecule has 3 rings (SSSR count). The molecule has 6 heteroatoms. The Balaban J connectivity index is 1.55. The van der Waals surface area contributed by atoms with Crippen LogP contribution >= 0.6 is 0 Å². The molecule has 2 heterocycles. The number of amides is 2. The number of likely N-dealkylation sites (tertiary alicyclic amines) is 1. The van der Waals surface area contributed by atoms with Crippen LogP contribution in [0, 0.1) is 5.82 Å². The van der Waals surface area contributed by atoms with Crippen LogP contribution in [-0.4, -0.2) is 35.8 Å². The van der Waals surface area contributed by atoms with E-state index in [1.165, 1.54) is 12.1 Å². The zero-order valence-corrected chi connectivity index (χ0v) is 14.6. The van der Waals surface area contributed by atoms with Crippen LogP contribution in [0.15, 0.2) is 46.9 Å². The molecule has 1 fully saturated rings. The first kappa shape index (κ1) is 17.9. The van der Waals surface area contributed by atoms with E-state index in [1.807, 2.05) is 0 Å². The number of carbonyl (C=O) groups is 2. The predicted octanol–water partition coefficient (Wildman–Crippen LogP) is 3.23. The summed E-state index contributed by atoms with van der Waals surface area (Å²) in [6.45, 7) is 2.88. The van der Waals surface area contributed by atoms with E-state index in [1.54, 1.807) is 48.2 Å². The van der Waals surface area contributed by atoms with E-state index >= 15 is 0 Å². The van der Waals surface area contributed by atoms with Gasteiger partial charge in [0.15, 0.2) is 0 Å². The van der Waals surface area contributed by atoms with Gasteiger partial charge in [-0.15, -0.1) is 0 Å². The molecule has 1 aliphatic rings. The monoisotopic (exact) mass is 356 g/mol. The highest BCUT2D eigenvalue weighted by Crippen LogP contribution is 2.25. The molecule has 1 N–H and O–H groups in total. The molecular formula is C20H21FN2O3. The fraction of sp³-hybridized carbons (Fsp3) is 0.300. The molecule has 1 aliphatic heterocycles. The summed E-state index contributed by atoms with van der Waals surface area (Å²) in [5.74, 6) is 0.393. The molecule has 5 nitrogen and oxygen atoms in total. The third-order valence-electron chi connectivity index (χ3n) is 4.45. The molecule has 0 bridgehead atoms. The molecular weight excluding hydrogens is 335 g/mol. The molecule has 1 saturated heterocycles. The standard InChI is InChI=1S/C20H21FN2O3/c1-14(24)23-12-10-15(11-13-23)22-20(25)9-7-16-6-8-19(26-16)17-4-2-3-5-18(17)21/h2-9,15H,10-13H2,1H3,(H,22,25)/b9-7+. The summed E-state index contributed by atoms with van der Waals surface area (Å²) in [5.41, 5.74) is 0.383. The van der Waals surface area contributed by atoms with Gasteiger partial charge in [0.05, 0.1) is 5.56 Å². The van der Waals surface area contributed by atoms with Crippen molar-refractivity contribution < 1.29 is 18.4 Å². The first-order valence-corrected chi connectivity index (χ1v) is 8.62. The summed E-state index contributed by atoms with van der Waals surface area (Å²) in [7, 11) is 0. The predicted molar refractivity (Wildman–Crippen MR) is 96.6 cm³/mol. The average molecular weight is 356 g/mol. The lowest BCUT2D eigenvalue weighted by Gasteiger charge is -2.31. The fourth-order valence-corrected chi connectivity index (χ4v) is 2.99. The SMILES string of the molecule is CC(=O)N1CCC(NC(=O)/C=C/c2ccc(-c3ccccc3F)o2)CC1. The summed E-state index contributed by atoms with van der Waals surface area (Å²) in [6.07, 6.45) is 4.46. The van der Waals surface area contributed by atoms with Crippen molar-refractivity contribution in [3.8, 4) is 11.3 Å². The van der Waals surface area contributed by atoms with Crippen molar-refractivity contribution in [1.29, 1.82) is 0 Å². The maximum atomic E-state index is 13.8. The zero-order chi connectivity index (χ0) is 18.5. The van der Waals surface area contributed by atoms with Crippen molar-refractivity contribution in [3.63, 3.8) is 0 Å².